The Kier molecular flexibility index (Phi) is 26.2. The zero-order chi connectivity index (χ0) is 101. The summed E-state index contributed by atoms with van der Waals surface area (Å²) in [6, 6.07) is 87.9. The van der Waals surface area contributed by atoms with Crippen molar-refractivity contribution in [3.05, 3.63) is 386 Å². The fourth-order valence-electron chi connectivity index (χ4n) is 16.6. The molecule has 5 aromatic heterocycles. The van der Waals surface area contributed by atoms with Gasteiger partial charge < -0.3 is 0 Å². The SMILES string of the molecule is Cc1cc(-c2cc(-c3ccccc3)ccc2C)[n+](C)cc1CC(C)(C)C.Cc1cc(-c2cc(-c3ccccc3)ccc2C)[n+](C)cc1CC(C)C.Cc1ccc(-c2ccccc2)cc1-c1cc(C)c(C(C)C)c[n+]1C.[2H]C([2H])([2H])c1cc(C)c(-c2cc(C([2H])([2H])C(C)(C)C)c(C([2H])([2H])[2H])c[n+]2C)cc1-c1ccc(C)cc1.[2H]C([2H])([2H])c1cc(C)c(-c2cc(C)cc[n+]2C)cc1-c1ccc(C)cc1. The minimum Gasteiger partial charge on any atom is -0.201 e. The molecule has 0 spiro atoms. The van der Waals surface area contributed by atoms with Crippen LogP contribution >= 0.6 is 0 Å². The van der Waals surface area contributed by atoms with Crippen molar-refractivity contribution in [1.82, 2.24) is 0 Å². The van der Waals surface area contributed by atoms with Crippen LogP contribution in [0, 0.1) is 113 Å². The number of hydrogen-bond donors (Lipinski definition) is 0. The van der Waals surface area contributed by atoms with E-state index < -0.39 is 32.3 Å². The number of nitrogens with zero attached hydrogens (tertiary/aromatic N) is 5. The van der Waals surface area contributed by atoms with E-state index in [1.54, 1.807) is 44.5 Å². The zero-order valence-electron chi connectivity index (χ0n) is 90.9. The Bertz CT molecular complexity index is 6790. The maximum absolute atomic E-state index is 8.87. The standard InChI is InChI=1S/C27H34N.C25H30N.C24H28N.C23H26N.C22H24N/c1-18-9-11-22(12-10-18)24-15-25(20(3)13-19(24)2)26-14-23(16-27(5,6)7)21(4)17-28(26)8;1-18-12-13-21(20-10-8-7-9-11-20)15-23(18)24-14-19(2)22(17-26(24)6)16-25(3,4)5;1-17(2)13-22-16-25(5)24(14-19(22)4)23-15-21(12-11-18(23)3)20-9-7-6-8-10-20;1-16(2)22-15-24(5)23(13-18(22)4)21-14-20(12-11-17(21)3)19-9-7-6-8-10-19;1-15-6-8-19(9-7-15)20-14-21(18(4)13-17(20)3)22-12-16(2)10-11-23(22)5/h9-15,17H,16H2,1-8H3;7-15,17H,16H2,1-6H3;6-12,14-17H,13H2,1-5H3;6-16H,1-5H3;6-14H,1-5H3/q5*+1/i2D3,4D3,16D2;;;;3D3. The molecule has 5 heterocycles. The first-order valence-corrected chi connectivity index (χ1v) is 44.5. The summed E-state index contributed by atoms with van der Waals surface area (Å²) >= 11 is 0. The zero-order valence-corrected chi connectivity index (χ0v) is 79.9. The van der Waals surface area contributed by atoms with Crippen LogP contribution in [0.2, 0.25) is 0 Å². The van der Waals surface area contributed by atoms with Gasteiger partial charge in [0.1, 0.15) is 35.2 Å². The molecule has 0 amide bonds. The molecule has 15 aromatic rings. The second kappa shape index (κ2) is 41.4. The summed E-state index contributed by atoms with van der Waals surface area (Å²) < 4.78 is 101. The highest BCUT2D eigenvalue weighted by atomic mass is 14.9. The molecule has 646 valence electrons. The first-order chi connectivity index (χ1) is 64.1. The molecule has 0 bridgehead atoms. The van der Waals surface area contributed by atoms with Crippen LogP contribution < -0.4 is 22.8 Å². The van der Waals surface area contributed by atoms with Gasteiger partial charge in [0, 0.05) is 102 Å². The van der Waals surface area contributed by atoms with Crippen LogP contribution in [0.15, 0.2) is 286 Å². The van der Waals surface area contributed by atoms with Crippen LogP contribution in [0.3, 0.4) is 0 Å². The van der Waals surface area contributed by atoms with Gasteiger partial charge in [-0.2, -0.15) is 0 Å². The molecule has 0 saturated carbocycles. The fraction of sp³-hybridized carbons (Fsp3) is 0.298. The number of rotatable bonds is 15. The van der Waals surface area contributed by atoms with Gasteiger partial charge in [0.25, 0.3) is 0 Å². The van der Waals surface area contributed by atoms with Gasteiger partial charge in [-0.3, -0.25) is 0 Å². The van der Waals surface area contributed by atoms with Gasteiger partial charge in [-0.05, 0) is 291 Å². The van der Waals surface area contributed by atoms with Crippen molar-refractivity contribution in [3.8, 4) is 112 Å². The Morgan fingerprint density at radius 3 is 1.02 bits per heavy atom. The minimum atomic E-state index is -2.50. The largest absolute Gasteiger partial charge is 0.212 e. The number of hydrogen-bond acceptors (Lipinski definition) is 0. The molecule has 0 unspecified atom stereocenters. The molecule has 0 aliphatic heterocycles. The molecule has 5 heteroatoms. The predicted octanol–water partition coefficient (Wildman–Crippen LogP) is 29.0. The third-order valence-corrected chi connectivity index (χ3v) is 23.6. The van der Waals surface area contributed by atoms with E-state index in [0.717, 1.165) is 57.5 Å². The average molecular weight is 1680 g/mol. The van der Waals surface area contributed by atoms with E-state index >= 15 is 0 Å². The van der Waals surface area contributed by atoms with Crippen LogP contribution in [-0.2, 0) is 54.5 Å². The smallest absolute Gasteiger partial charge is 0.201 e. The van der Waals surface area contributed by atoms with Crippen LogP contribution in [0.25, 0.3) is 112 Å². The van der Waals surface area contributed by atoms with Crippen molar-refractivity contribution in [1.29, 1.82) is 0 Å². The van der Waals surface area contributed by atoms with E-state index in [2.05, 4.69) is 331 Å². The summed E-state index contributed by atoms with van der Waals surface area (Å²) in [4.78, 5) is 0. The first kappa shape index (κ1) is 79.8. The van der Waals surface area contributed by atoms with Crippen molar-refractivity contribution in [2.24, 2.45) is 52.0 Å². The number of aryl methyl sites for hydroxylation is 19. The Hall–Kier alpha value is -12.1. The number of benzene rings is 10. The van der Waals surface area contributed by atoms with Gasteiger partial charge in [-0.25, -0.2) is 22.8 Å². The predicted molar refractivity (Wildman–Crippen MR) is 538 cm³/mol. The first-order valence-electron chi connectivity index (χ1n) is 50.0. The van der Waals surface area contributed by atoms with Gasteiger partial charge in [0.2, 0.25) is 28.5 Å². The quantitative estimate of drug-likeness (QED) is 0.0912. The van der Waals surface area contributed by atoms with Crippen molar-refractivity contribution in [2.75, 3.05) is 0 Å². The van der Waals surface area contributed by atoms with E-state index in [4.69, 9.17) is 15.1 Å². The van der Waals surface area contributed by atoms with Crippen LogP contribution in [-0.4, -0.2) is 0 Å². The lowest BCUT2D eigenvalue weighted by molar-refractivity contribution is -0.661. The summed E-state index contributed by atoms with van der Waals surface area (Å²) in [6.07, 6.45) is 10.7. The summed E-state index contributed by atoms with van der Waals surface area (Å²) in [5.74, 6) is 1.22. The lowest BCUT2D eigenvalue weighted by atomic mass is 9.86. The topological polar surface area (TPSA) is 19.4 Å². The summed E-state index contributed by atoms with van der Waals surface area (Å²) in [7, 11) is 10.2. The molecule has 15 rings (SSSR count). The third-order valence-electron chi connectivity index (χ3n) is 23.6. The van der Waals surface area contributed by atoms with E-state index in [1.807, 2.05) is 108 Å². The molecule has 0 fully saturated rings. The molecule has 0 N–H and O–H groups in total. The van der Waals surface area contributed by atoms with E-state index in [1.165, 1.54) is 129 Å². The molecule has 126 heavy (non-hydrogen) atoms. The second-order valence-corrected chi connectivity index (χ2v) is 37.9. The average Bonchev–Trinajstić information content (AvgIpc) is 0.740. The van der Waals surface area contributed by atoms with Gasteiger partial charge >= 0.3 is 0 Å². The molecule has 5 nitrogen and oxygen atoms in total. The lowest BCUT2D eigenvalue weighted by Crippen LogP contribution is -2.32. The lowest BCUT2D eigenvalue weighted by Gasteiger charge is -2.20. The Morgan fingerprint density at radius 2 is 0.627 bits per heavy atom. The van der Waals surface area contributed by atoms with Crippen LogP contribution in [0.5, 0.6) is 0 Å². The molecule has 0 radical (unpaired) electrons. The van der Waals surface area contributed by atoms with Crippen molar-refractivity contribution >= 4 is 0 Å². The highest BCUT2D eigenvalue weighted by Gasteiger charge is 2.26. The molecule has 10 aromatic carbocycles. The molecule has 0 atom stereocenters. The van der Waals surface area contributed by atoms with E-state index in [9.17, 15) is 0 Å². The van der Waals surface area contributed by atoms with Crippen LogP contribution in [0.1, 0.15) is 190 Å². The van der Waals surface area contributed by atoms with Gasteiger partial charge in [0.05, 0.1) is 0 Å². The molecule has 0 aliphatic rings. The highest BCUT2D eigenvalue weighted by molar-refractivity contribution is 5.80. The number of pyridine rings is 5. The van der Waals surface area contributed by atoms with Gasteiger partial charge in [-0.1, -0.05) is 268 Å². The molecule has 0 saturated heterocycles. The fourth-order valence-corrected chi connectivity index (χ4v) is 16.6. The van der Waals surface area contributed by atoms with Gasteiger partial charge in [-0.15, -0.1) is 0 Å². The molecular weight excluding hydrogens is 1520 g/mol. The summed E-state index contributed by atoms with van der Waals surface area (Å²) in [6.45, 7) is 37.3. The summed E-state index contributed by atoms with van der Waals surface area (Å²) in [5.41, 5.74) is 39.3. The summed E-state index contributed by atoms with van der Waals surface area (Å²) in [5, 5.41) is 0. The third kappa shape index (κ3) is 24.3. The maximum Gasteiger partial charge on any atom is 0.212 e. The van der Waals surface area contributed by atoms with Crippen molar-refractivity contribution < 1.29 is 37.9 Å². The van der Waals surface area contributed by atoms with E-state index in [-0.39, 0.29) is 16.7 Å². The molecular formula is C121H142N5+5. The van der Waals surface area contributed by atoms with Crippen molar-refractivity contribution in [2.45, 2.75) is 191 Å². The monoisotopic (exact) mass is 1680 g/mol. The Balaban J connectivity index is 0.000000166. The number of aromatic nitrogens is 5. The highest BCUT2D eigenvalue weighted by Crippen LogP contribution is 2.38. The normalized spacial score (nSPS) is 13.0. The van der Waals surface area contributed by atoms with Crippen LogP contribution in [0.4, 0.5) is 0 Å². The van der Waals surface area contributed by atoms with Crippen molar-refractivity contribution in [3.63, 3.8) is 0 Å². The maximum atomic E-state index is 8.87. The minimum absolute atomic E-state index is 0.0378. The van der Waals surface area contributed by atoms with E-state index in [0.29, 0.717) is 45.2 Å². The van der Waals surface area contributed by atoms with Gasteiger partial charge in [0.15, 0.2) is 31.0 Å². The Morgan fingerprint density at radius 1 is 0.270 bits per heavy atom. The second-order valence-electron chi connectivity index (χ2n) is 37.9. The molecule has 0 aliphatic carbocycles. The Labute approximate surface area is 774 Å².